The zero-order valence-electron chi connectivity index (χ0n) is 7.88. The van der Waals surface area contributed by atoms with Gasteiger partial charge in [0.25, 0.3) is 5.91 Å². The third kappa shape index (κ3) is 2.15. The Hall–Kier alpha value is -0.840. The van der Waals surface area contributed by atoms with Gasteiger partial charge < -0.3 is 5.32 Å². The van der Waals surface area contributed by atoms with E-state index in [-0.39, 0.29) is 11.9 Å². The summed E-state index contributed by atoms with van der Waals surface area (Å²) >= 11 is 3.21. The minimum Gasteiger partial charge on any atom is -0.348 e. The summed E-state index contributed by atoms with van der Waals surface area (Å²) in [4.78, 5) is 11.6. The third-order valence-electron chi connectivity index (χ3n) is 2.47. The highest BCUT2D eigenvalue weighted by atomic mass is 79.9. The van der Waals surface area contributed by atoms with Crippen molar-refractivity contribution >= 4 is 21.8 Å². The average molecular weight is 258 g/mol. The Morgan fingerprint density at radius 1 is 1.79 bits per heavy atom. The fourth-order valence-electron chi connectivity index (χ4n) is 1.41. The number of H-pyrrole nitrogens is 1. The van der Waals surface area contributed by atoms with Crippen molar-refractivity contribution in [3.05, 3.63) is 16.4 Å². The first-order chi connectivity index (χ1) is 6.66. The molecule has 1 saturated carbocycles. The quantitative estimate of drug-likeness (QED) is 0.866. The summed E-state index contributed by atoms with van der Waals surface area (Å²) in [6.07, 6.45) is 2.46. The van der Waals surface area contributed by atoms with E-state index < -0.39 is 0 Å². The van der Waals surface area contributed by atoms with Crippen molar-refractivity contribution in [3.63, 3.8) is 0 Å². The number of hydrogen-bond donors (Lipinski definition) is 2. The lowest BCUT2D eigenvalue weighted by Gasteiger charge is -2.10. The lowest BCUT2D eigenvalue weighted by molar-refractivity contribution is 0.0931. The van der Waals surface area contributed by atoms with Gasteiger partial charge in [-0.2, -0.15) is 5.10 Å². The minimum absolute atomic E-state index is 0.105. The van der Waals surface area contributed by atoms with Crippen molar-refractivity contribution in [1.29, 1.82) is 0 Å². The van der Waals surface area contributed by atoms with Crippen LogP contribution in [0, 0.1) is 5.92 Å². The van der Waals surface area contributed by atoms with Crippen LogP contribution >= 0.6 is 15.9 Å². The number of aromatic nitrogens is 2. The van der Waals surface area contributed by atoms with Gasteiger partial charge in [-0.1, -0.05) is 0 Å². The molecular weight excluding hydrogens is 246 g/mol. The number of nitrogens with one attached hydrogen (secondary N) is 2. The molecule has 1 aromatic rings. The predicted octanol–water partition coefficient (Wildman–Crippen LogP) is 1.70. The Morgan fingerprint density at radius 2 is 2.50 bits per heavy atom. The van der Waals surface area contributed by atoms with Gasteiger partial charge in [-0.25, -0.2) is 0 Å². The highest BCUT2D eigenvalue weighted by Crippen LogP contribution is 2.32. The molecule has 1 aliphatic carbocycles. The standard InChI is InChI=1S/C9H12BrN3O/c1-5(6-2-3-6)11-9(14)7-4-8(10)13-12-7/h4-6H,2-3H2,1H3,(H,11,14)(H,12,13). The van der Waals surface area contributed by atoms with Gasteiger partial charge in [0.1, 0.15) is 4.60 Å². The summed E-state index contributed by atoms with van der Waals surface area (Å²) in [5.41, 5.74) is 0.435. The molecule has 0 bridgehead atoms. The molecule has 1 aromatic heterocycles. The Labute approximate surface area is 90.6 Å². The number of hydrogen-bond acceptors (Lipinski definition) is 2. The Kier molecular flexibility index (Phi) is 2.58. The van der Waals surface area contributed by atoms with Gasteiger partial charge in [0.2, 0.25) is 0 Å². The van der Waals surface area contributed by atoms with E-state index in [0.717, 1.165) is 4.60 Å². The van der Waals surface area contributed by atoms with E-state index in [4.69, 9.17) is 0 Å². The van der Waals surface area contributed by atoms with Crippen LogP contribution in [-0.4, -0.2) is 22.1 Å². The fraction of sp³-hybridized carbons (Fsp3) is 0.556. The molecule has 0 radical (unpaired) electrons. The molecular formula is C9H12BrN3O. The molecule has 1 fully saturated rings. The van der Waals surface area contributed by atoms with Crippen molar-refractivity contribution in [2.24, 2.45) is 5.92 Å². The van der Waals surface area contributed by atoms with E-state index in [1.54, 1.807) is 6.07 Å². The lowest BCUT2D eigenvalue weighted by Crippen LogP contribution is -2.34. The molecule has 0 aromatic carbocycles. The van der Waals surface area contributed by atoms with E-state index in [1.165, 1.54) is 12.8 Å². The van der Waals surface area contributed by atoms with Crippen LogP contribution in [0.3, 0.4) is 0 Å². The molecule has 1 unspecified atom stereocenters. The van der Waals surface area contributed by atoms with Crippen molar-refractivity contribution < 1.29 is 4.79 Å². The molecule has 0 saturated heterocycles. The van der Waals surface area contributed by atoms with Crippen molar-refractivity contribution in [3.8, 4) is 0 Å². The van der Waals surface area contributed by atoms with Crippen LogP contribution in [0.4, 0.5) is 0 Å². The highest BCUT2D eigenvalue weighted by molar-refractivity contribution is 9.10. The van der Waals surface area contributed by atoms with E-state index in [9.17, 15) is 4.79 Å². The number of aromatic amines is 1. The van der Waals surface area contributed by atoms with Gasteiger partial charge in [-0.05, 0) is 41.6 Å². The molecule has 14 heavy (non-hydrogen) atoms. The maximum atomic E-state index is 11.6. The highest BCUT2D eigenvalue weighted by Gasteiger charge is 2.29. The average Bonchev–Trinajstić information content (AvgIpc) is 2.89. The summed E-state index contributed by atoms with van der Waals surface area (Å²) in [7, 11) is 0. The second-order valence-electron chi connectivity index (χ2n) is 3.70. The second-order valence-corrected chi connectivity index (χ2v) is 4.56. The molecule has 2 N–H and O–H groups in total. The Morgan fingerprint density at radius 3 is 3.00 bits per heavy atom. The number of nitrogens with zero attached hydrogens (tertiary/aromatic N) is 1. The van der Waals surface area contributed by atoms with Gasteiger partial charge in [0.05, 0.1) is 0 Å². The minimum atomic E-state index is -0.105. The van der Waals surface area contributed by atoms with Crippen molar-refractivity contribution in [2.45, 2.75) is 25.8 Å². The van der Waals surface area contributed by atoms with Gasteiger partial charge in [-0.15, -0.1) is 0 Å². The second kappa shape index (κ2) is 3.73. The van der Waals surface area contributed by atoms with Gasteiger partial charge in [0.15, 0.2) is 5.69 Å². The Balaban J connectivity index is 1.94. The molecule has 1 atom stereocenters. The fourth-order valence-corrected chi connectivity index (χ4v) is 1.71. The summed E-state index contributed by atoms with van der Waals surface area (Å²) in [5, 5.41) is 9.47. The molecule has 1 heterocycles. The first-order valence-electron chi connectivity index (χ1n) is 4.68. The molecule has 5 heteroatoms. The molecule has 4 nitrogen and oxygen atoms in total. The molecule has 0 aliphatic heterocycles. The van der Waals surface area contributed by atoms with E-state index in [0.29, 0.717) is 11.6 Å². The van der Waals surface area contributed by atoms with Gasteiger partial charge >= 0.3 is 0 Å². The molecule has 0 spiro atoms. The first-order valence-corrected chi connectivity index (χ1v) is 5.48. The van der Waals surface area contributed by atoms with Crippen molar-refractivity contribution in [1.82, 2.24) is 15.5 Å². The topological polar surface area (TPSA) is 57.8 Å². The largest absolute Gasteiger partial charge is 0.348 e. The lowest BCUT2D eigenvalue weighted by atomic mass is 10.2. The number of rotatable bonds is 3. The monoisotopic (exact) mass is 257 g/mol. The summed E-state index contributed by atoms with van der Waals surface area (Å²) < 4.78 is 0.724. The Bertz CT molecular complexity index is 346. The maximum absolute atomic E-state index is 11.6. The molecule has 76 valence electrons. The predicted molar refractivity (Wildman–Crippen MR) is 55.9 cm³/mol. The summed E-state index contributed by atoms with van der Waals surface area (Å²) in [5.74, 6) is 0.563. The SMILES string of the molecule is CC(NC(=O)c1cc(Br)[nH]n1)C1CC1. The number of halogens is 1. The van der Waals surface area contributed by atoms with Gasteiger partial charge in [-0.3, -0.25) is 9.89 Å². The number of carbonyl (C=O) groups excluding carboxylic acids is 1. The molecule has 1 aliphatic rings. The van der Waals surface area contributed by atoms with Crippen LogP contribution in [0.1, 0.15) is 30.3 Å². The van der Waals surface area contributed by atoms with Crippen molar-refractivity contribution in [2.75, 3.05) is 0 Å². The molecule has 2 rings (SSSR count). The zero-order valence-corrected chi connectivity index (χ0v) is 9.47. The van der Waals surface area contributed by atoms with Crippen LogP contribution in [0.15, 0.2) is 10.7 Å². The first kappa shape index (κ1) is 9.71. The number of carbonyl (C=O) groups is 1. The number of amides is 1. The normalized spacial score (nSPS) is 17.9. The summed E-state index contributed by atoms with van der Waals surface area (Å²) in [6.45, 7) is 2.04. The smallest absolute Gasteiger partial charge is 0.272 e. The zero-order chi connectivity index (χ0) is 10.1. The van der Waals surface area contributed by atoms with Gasteiger partial charge in [0, 0.05) is 12.1 Å². The van der Waals surface area contributed by atoms with E-state index >= 15 is 0 Å². The maximum Gasteiger partial charge on any atom is 0.272 e. The van der Waals surface area contributed by atoms with E-state index in [1.807, 2.05) is 6.92 Å². The third-order valence-corrected chi connectivity index (χ3v) is 2.87. The summed E-state index contributed by atoms with van der Waals surface area (Å²) in [6, 6.07) is 1.94. The molecule has 1 amide bonds. The van der Waals surface area contributed by atoms with Crippen LogP contribution in [0.2, 0.25) is 0 Å². The van der Waals surface area contributed by atoms with Crippen LogP contribution in [0.25, 0.3) is 0 Å². The van der Waals surface area contributed by atoms with Crippen LogP contribution in [0.5, 0.6) is 0 Å². The van der Waals surface area contributed by atoms with Crippen LogP contribution < -0.4 is 5.32 Å². The van der Waals surface area contributed by atoms with Crippen LogP contribution in [-0.2, 0) is 0 Å². The van der Waals surface area contributed by atoms with E-state index in [2.05, 4.69) is 31.4 Å².